The normalized spacial score (nSPS) is 16.1. The number of amides is 1. The Hall–Kier alpha value is -2.17. The molecular weight excluding hydrogens is 448 g/mol. The SMILES string of the molecule is CCOC(=O)C1CCN(C(=O)[C@@H](C)OC(=O)c2cc(S(=O)(=O)N(C)C)ccc2Cl)CC1. The first kappa shape index (κ1) is 25.1. The zero-order chi connectivity index (χ0) is 23.3. The first-order chi connectivity index (χ1) is 14.5. The van der Waals surface area contributed by atoms with E-state index in [1.54, 1.807) is 6.92 Å². The van der Waals surface area contributed by atoms with E-state index in [1.165, 1.54) is 38.1 Å². The van der Waals surface area contributed by atoms with Crippen LogP contribution in [0.4, 0.5) is 0 Å². The fraction of sp³-hybridized carbons (Fsp3) is 0.550. The van der Waals surface area contributed by atoms with Crippen LogP contribution in [0.15, 0.2) is 23.1 Å². The first-order valence-electron chi connectivity index (χ1n) is 9.87. The van der Waals surface area contributed by atoms with Gasteiger partial charge in [0.25, 0.3) is 5.91 Å². The quantitative estimate of drug-likeness (QED) is 0.555. The van der Waals surface area contributed by atoms with E-state index in [-0.39, 0.29) is 27.4 Å². The predicted octanol–water partition coefficient (Wildman–Crippen LogP) is 1.94. The van der Waals surface area contributed by atoms with Gasteiger partial charge in [-0.15, -0.1) is 0 Å². The number of carbonyl (C=O) groups is 3. The number of sulfonamides is 1. The molecule has 0 radical (unpaired) electrons. The summed E-state index contributed by atoms with van der Waals surface area (Å²) in [4.78, 5) is 38.5. The summed E-state index contributed by atoms with van der Waals surface area (Å²) in [5.41, 5.74) is -0.148. The van der Waals surface area contributed by atoms with Crippen LogP contribution in [0, 0.1) is 5.92 Å². The van der Waals surface area contributed by atoms with E-state index in [4.69, 9.17) is 21.1 Å². The number of nitrogens with zero attached hydrogens (tertiary/aromatic N) is 2. The Kier molecular flexibility index (Phi) is 8.44. The lowest BCUT2D eigenvalue weighted by molar-refractivity contribution is -0.152. The molecule has 1 heterocycles. The molecule has 0 spiro atoms. The molecule has 31 heavy (non-hydrogen) atoms. The maximum atomic E-state index is 12.7. The van der Waals surface area contributed by atoms with E-state index in [9.17, 15) is 22.8 Å². The number of benzene rings is 1. The second-order valence-corrected chi connectivity index (χ2v) is 9.89. The summed E-state index contributed by atoms with van der Waals surface area (Å²) in [7, 11) is -1.04. The number of piperidine rings is 1. The lowest BCUT2D eigenvalue weighted by atomic mass is 9.97. The van der Waals surface area contributed by atoms with E-state index in [1.807, 2.05) is 0 Å². The van der Waals surface area contributed by atoms with Crippen LogP contribution in [0.2, 0.25) is 5.02 Å². The lowest BCUT2D eigenvalue weighted by Crippen LogP contribution is -2.45. The molecule has 2 rings (SSSR count). The predicted molar refractivity (Wildman–Crippen MR) is 113 cm³/mol. The molecule has 0 saturated carbocycles. The molecule has 11 heteroatoms. The molecule has 1 amide bonds. The minimum atomic E-state index is -3.77. The number of hydrogen-bond acceptors (Lipinski definition) is 7. The Morgan fingerprint density at radius 3 is 2.39 bits per heavy atom. The van der Waals surface area contributed by atoms with Gasteiger partial charge in [0.05, 0.1) is 28.0 Å². The second kappa shape index (κ2) is 10.4. The molecule has 0 aromatic heterocycles. The lowest BCUT2D eigenvalue weighted by Gasteiger charge is -2.32. The van der Waals surface area contributed by atoms with Gasteiger partial charge in [0.15, 0.2) is 6.10 Å². The monoisotopic (exact) mass is 474 g/mol. The van der Waals surface area contributed by atoms with Gasteiger partial charge in [-0.25, -0.2) is 17.5 Å². The summed E-state index contributed by atoms with van der Waals surface area (Å²) >= 11 is 6.06. The van der Waals surface area contributed by atoms with Crippen molar-refractivity contribution < 1.29 is 32.3 Å². The fourth-order valence-electron chi connectivity index (χ4n) is 3.16. The molecule has 0 unspecified atom stereocenters. The molecule has 1 saturated heterocycles. The number of esters is 2. The number of likely N-dealkylation sites (tertiary alicyclic amines) is 1. The molecule has 0 N–H and O–H groups in total. The summed E-state index contributed by atoms with van der Waals surface area (Å²) in [6, 6.07) is 3.71. The summed E-state index contributed by atoms with van der Waals surface area (Å²) in [5.74, 6) is -1.81. The molecule has 9 nitrogen and oxygen atoms in total. The third kappa shape index (κ3) is 5.96. The van der Waals surface area contributed by atoms with Crippen molar-refractivity contribution >= 4 is 39.5 Å². The van der Waals surface area contributed by atoms with Gasteiger partial charge in [-0.1, -0.05) is 11.6 Å². The van der Waals surface area contributed by atoms with Crippen LogP contribution in [0.3, 0.4) is 0 Å². The summed E-state index contributed by atoms with van der Waals surface area (Å²) < 4.78 is 35.9. The van der Waals surface area contributed by atoms with Crippen molar-refractivity contribution in [3.8, 4) is 0 Å². The van der Waals surface area contributed by atoms with Crippen molar-refractivity contribution in [2.45, 2.75) is 37.7 Å². The standard InChI is InChI=1S/C20H27ClN2O7S/c1-5-29-19(25)14-8-10-23(11-9-14)18(24)13(2)30-20(26)16-12-15(6-7-17(16)21)31(27,28)22(3)4/h6-7,12-14H,5,8-11H2,1-4H3/t13-/m1/s1. The van der Waals surface area contributed by atoms with Crippen LogP contribution in [0.5, 0.6) is 0 Å². The minimum Gasteiger partial charge on any atom is -0.466 e. The van der Waals surface area contributed by atoms with E-state index < -0.39 is 28.0 Å². The van der Waals surface area contributed by atoms with Crippen LogP contribution in [-0.4, -0.2) is 75.4 Å². The Labute approximate surface area is 187 Å². The van der Waals surface area contributed by atoms with E-state index in [0.29, 0.717) is 32.5 Å². The van der Waals surface area contributed by atoms with Crippen LogP contribution >= 0.6 is 11.6 Å². The van der Waals surface area contributed by atoms with Crippen LogP contribution < -0.4 is 0 Å². The highest BCUT2D eigenvalue weighted by molar-refractivity contribution is 7.89. The van der Waals surface area contributed by atoms with Crippen LogP contribution in [-0.2, 0) is 29.1 Å². The molecule has 172 valence electrons. The van der Waals surface area contributed by atoms with E-state index in [2.05, 4.69) is 0 Å². The molecule has 1 aliphatic rings. The van der Waals surface area contributed by atoms with Crippen molar-refractivity contribution in [2.24, 2.45) is 5.92 Å². The Morgan fingerprint density at radius 2 is 1.84 bits per heavy atom. The molecule has 1 atom stereocenters. The average Bonchev–Trinajstić information content (AvgIpc) is 2.73. The minimum absolute atomic E-state index is 0.0117. The van der Waals surface area contributed by atoms with Crippen molar-refractivity contribution in [3.05, 3.63) is 28.8 Å². The number of carbonyl (C=O) groups excluding carboxylic acids is 3. The number of halogens is 1. The van der Waals surface area contributed by atoms with Gasteiger partial charge in [0.2, 0.25) is 10.0 Å². The summed E-state index contributed by atoms with van der Waals surface area (Å²) in [6.07, 6.45) is -0.153. The van der Waals surface area contributed by atoms with Gasteiger partial charge >= 0.3 is 11.9 Å². The maximum absolute atomic E-state index is 12.7. The molecular formula is C20H27ClN2O7S. The van der Waals surface area contributed by atoms with Crippen molar-refractivity contribution in [1.82, 2.24) is 9.21 Å². The number of hydrogen-bond donors (Lipinski definition) is 0. The second-order valence-electron chi connectivity index (χ2n) is 7.33. The third-order valence-corrected chi connectivity index (χ3v) is 7.14. The first-order valence-corrected chi connectivity index (χ1v) is 11.7. The molecule has 1 aliphatic heterocycles. The highest BCUT2D eigenvalue weighted by Crippen LogP contribution is 2.24. The zero-order valence-electron chi connectivity index (χ0n) is 18.0. The van der Waals surface area contributed by atoms with Gasteiger partial charge in [-0.2, -0.15) is 0 Å². The van der Waals surface area contributed by atoms with Crippen LogP contribution in [0.1, 0.15) is 37.0 Å². The molecule has 1 aromatic rings. The van der Waals surface area contributed by atoms with Crippen molar-refractivity contribution in [3.63, 3.8) is 0 Å². The van der Waals surface area contributed by atoms with Gasteiger partial charge < -0.3 is 14.4 Å². The van der Waals surface area contributed by atoms with Gasteiger partial charge in [0.1, 0.15) is 0 Å². The van der Waals surface area contributed by atoms with E-state index in [0.717, 1.165) is 10.4 Å². The number of ether oxygens (including phenoxy) is 2. The topological polar surface area (TPSA) is 110 Å². The Bertz CT molecular complexity index is 941. The summed E-state index contributed by atoms with van der Waals surface area (Å²) in [5, 5.41) is 0.0117. The average molecular weight is 475 g/mol. The van der Waals surface area contributed by atoms with Crippen molar-refractivity contribution in [2.75, 3.05) is 33.8 Å². The van der Waals surface area contributed by atoms with Crippen molar-refractivity contribution in [1.29, 1.82) is 0 Å². The smallest absolute Gasteiger partial charge is 0.340 e. The molecule has 0 bridgehead atoms. The highest BCUT2D eigenvalue weighted by atomic mass is 35.5. The molecule has 1 aromatic carbocycles. The molecule has 0 aliphatic carbocycles. The maximum Gasteiger partial charge on any atom is 0.340 e. The Balaban J connectivity index is 2.04. The van der Waals surface area contributed by atoms with Gasteiger partial charge in [0, 0.05) is 27.2 Å². The van der Waals surface area contributed by atoms with E-state index >= 15 is 0 Å². The van der Waals surface area contributed by atoms with Gasteiger partial charge in [-0.05, 0) is 44.9 Å². The Morgan fingerprint density at radius 1 is 1.23 bits per heavy atom. The zero-order valence-corrected chi connectivity index (χ0v) is 19.5. The molecule has 1 fully saturated rings. The largest absolute Gasteiger partial charge is 0.466 e. The summed E-state index contributed by atoms with van der Waals surface area (Å²) in [6.45, 7) is 4.18. The fourth-order valence-corrected chi connectivity index (χ4v) is 4.28. The van der Waals surface area contributed by atoms with Gasteiger partial charge in [-0.3, -0.25) is 9.59 Å². The third-order valence-electron chi connectivity index (χ3n) is 4.99. The highest BCUT2D eigenvalue weighted by Gasteiger charge is 2.32. The number of rotatable bonds is 7. The van der Waals surface area contributed by atoms with Crippen LogP contribution in [0.25, 0.3) is 0 Å².